The van der Waals surface area contributed by atoms with Gasteiger partial charge < -0.3 is 19.3 Å². The molecule has 6 nitrogen and oxygen atoms in total. The van der Waals surface area contributed by atoms with Gasteiger partial charge in [0.25, 0.3) is 0 Å². The summed E-state index contributed by atoms with van der Waals surface area (Å²) >= 11 is 0. The molecule has 0 aliphatic carbocycles. The van der Waals surface area contributed by atoms with Gasteiger partial charge in [-0.15, -0.1) is 0 Å². The Morgan fingerprint density at radius 3 is 1.38 bits per heavy atom. The Labute approximate surface area is 255 Å². The van der Waals surface area contributed by atoms with Crippen molar-refractivity contribution in [3.8, 4) is 11.1 Å². The molecule has 0 amide bonds. The third-order valence-corrected chi connectivity index (χ3v) is 7.67. The lowest BCUT2D eigenvalue weighted by Gasteiger charge is -2.16. The van der Waals surface area contributed by atoms with Gasteiger partial charge in [-0.25, -0.2) is 0 Å². The predicted molar refractivity (Wildman–Crippen MR) is 173 cm³/mol. The second-order valence-corrected chi connectivity index (χ2v) is 11.7. The van der Waals surface area contributed by atoms with Crippen molar-refractivity contribution in [2.45, 2.75) is 104 Å². The number of benzene rings is 2. The smallest absolute Gasteiger partial charge is 0.307 e. The van der Waals surface area contributed by atoms with Crippen molar-refractivity contribution >= 4 is 11.9 Å². The minimum atomic E-state index is -0.166. The van der Waals surface area contributed by atoms with Crippen LogP contribution in [-0.4, -0.2) is 62.0 Å². The van der Waals surface area contributed by atoms with Crippen molar-refractivity contribution in [3.05, 3.63) is 59.7 Å². The third-order valence-electron chi connectivity index (χ3n) is 7.67. The Hall–Kier alpha value is -2.70. The molecule has 42 heavy (non-hydrogen) atoms. The zero-order chi connectivity index (χ0) is 30.4. The van der Waals surface area contributed by atoms with E-state index in [2.05, 4.69) is 49.9 Å². The molecule has 0 aliphatic rings. The Kier molecular flexibility index (Phi) is 18.5. The number of hydrogen-bond donors (Lipinski definition) is 0. The standard InChI is InChI=1S/C36H56N2O4/c1-5-7-9-11-13-23-37(3)25-21-35(39)41-29-31-17-15-19-33(27-31)34-20-16-18-32(28-34)30-42-36(40)22-26-38(4)24-14-12-10-8-6-2/h15-20,27-28H,5-14,21-26,29-30H2,1-4H3. The monoisotopic (exact) mass is 580 g/mol. The van der Waals surface area contributed by atoms with Gasteiger partial charge in [0.05, 0.1) is 12.8 Å². The van der Waals surface area contributed by atoms with Crippen LogP contribution in [0, 0.1) is 0 Å². The molecule has 0 saturated carbocycles. The molecule has 0 fully saturated rings. The summed E-state index contributed by atoms with van der Waals surface area (Å²) in [5.74, 6) is -0.333. The van der Waals surface area contributed by atoms with Crippen LogP contribution in [0.25, 0.3) is 11.1 Å². The van der Waals surface area contributed by atoms with Crippen molar-refractivity contribution in [1.82, 2.24) is 9.80 Å². The van der Waals surface area contributed by atoms with Gasteiger partial charge in [0.15, 0.2) is 0 Å². The van der Waals surface area contributed by atoms with E-state index in [0.29, 0.717) is 12.8 Å². The number of carbonyl (C=O) groups is 2. The highest BCUT2D eigenvalue weighted by Gasteiger charge is 2.09. The van der Waals surface area contributed by atoms with Gasteiger partial charge in [0.2, 0.25) is 0 Å². The van der Waals surface area contributed by atoms with E-state index in [1.54, 1.807) is 0 Å². The number of rotatable bonds is 23. The fourth-order valence-electron chi connectivity index (χ4n) is 4.91. The van der Waals surface area contributed by atoms with E-state index in [1.807, 2.05) is 36.4 Å². The van der Waals surface area contributed by atoms with Gasteiger partial charge in [-0.2, -0.15) is 0 Å². The van der Waals surface area contributed by atoms with E-state index in [9.17, 15) is 9.59 Å². The molecule has 2 aromatic rings. The summed E-state index contributed by atoms with van der Waals surface area (Å²) in [5, 5.41) is 0. The average molecular weight is 581 g/mol. The normalized spacial score (nSPS) is 11.3. The average Bonchev–Trinajstić information content (AvgIpc) is 3.00. The van der Waals surface area contributed by atoms with E-state index in [0.717, 1.165) is 48.4 Å². The van der Waals surface area contributed by atoms with Crippen molar-refractivity contribution in [2.75, 3.05) is 40.3 Å². The first kappa shape index (κ1) is 35.5. The predicted octanol–water partition coefficient (Wildman–Crippen LogP) is 8.02. The molecule has 0 saturated heterocycles. The van der Waals surface area contributed by atoms with Crippen LogP contribution in [0.2, 0.25) is 0 Å². The summed E-state index contributed by atoms with van der Waals surface area (Å²) in [7, 11) is 4.14. The van der Waals surface area contributed by atoms with Gasteiger partial charge in [-0.1, -0.05) is 102 Å². The van der Waals surface area contributed by atoms with E-state index >= 15 is 0 Å². The van der Waals surface area contributed by atoms with E-state index in [1.165, 1.54) is 64.2 Å². The molecule has 6 heteroatoms. The molecule has 2 aromatic carbocycles. The molecular weight excluding hydrogens is 524 g/mol. The first-order valence-electron chi connectivity index (χ1n) is 16.3. The quantitative estimate of drug-likeness (QED) is 0.0980. The summed E-state index contributed by atoms with van der Waals surface area (Å²) in [6.07, 6.45) is 13.4. The van der Waals surface area contributed by atoms with Gasteiger partial charge in [0, 0.05) is 13.1 Å². The van der Waals surface area contributed by atoms with Crippen LogP contribution in [0.5, 0.6) is 0 Å². The van der Waals surface area contributed by atoms with Gasteiger partial charge >= 0.3 is 11.9 Å². The number of nitrogens with zero attached hydrogens (tertiary/aromatic N) is 2. The molecule has 0 aliphatic heterocycles. The van der Waals surface area contributed by atoms with Gasteiger partial charge in [-0.3, -0.25) is 9.59 Å². The third kappa shape index (κ3) is 16.1. The Bertz CT molecular complexity index is 943. The largest absolute Gasteiger partial charge is 0.461 e. The summed E-state index contributed by atoms with van der Waals surface area (Å²) in [5.41, 5.74) is 3.99. The van der Waals surface area contributed by atoms with E-state index in [-0.39, 0.29) is 25.2 Å². The highest BCUT2D eigenvalue weighted by molar-refractivity contribution is 5.70. The van der Waals surface area contributed by atoms with Crippen LogP contribution in [0.15, 0.2) is 48.5 Å². The maximum Gasteiger partial charge on any atom is 0.307 e. The highest BCUT2D eigenvalue weighted by Crippen LogP contribution is 2.22. The Balaban J connectivity index is 1.73. The fraction of sp³-hybridized carbons (Fsp3) is 0.611. The van der Waals surface area contributed by atoms with Gasteiger partial charge in [0.1, 0.15) is 13.2 Å². The maximum atomic E-state index is 12.3. The molecule has 0 aromatic heterocycles. The van der Waals surface area contributed by atoms with Gasteiger partial charge in [-0.05, 0) is 74.4 Å². The van der Waals surface area contributed by atoms with E-state index < -0.39 is 0 Å². The first-order chi connectivity index (χ1) is 20.4. The second kappa shape index (κ2) is 21.9. The number of esters is 2. The van der Waals surface area contributed by atoms with Crippen LogP contribution in [0.3, 0.4) is 0 Å². The molecule has 0 unspecified atom stereocenters. The highest BCUT2D eigenvalue weighted by atomic mass is 16.5. The molecule has 0 bridgehead atoms. The Morgan fingerprint density at radius 2 is 0.976 bits per heavy atom. The van der Waals surface area contributed by atoms with Crippen LogP contribution in [0.1, 0.15) is 102 Å². The van der Waals surface area contributed by atoms with Crippen molar-refractivity contribution in [1.29, 1.82) is 0 Å². The number of ether oxygens (including phenoxy) is 2. The van der Waals surface area contributed by atoms with Crippen LogP contribution >= 0.6 is 0 Å². The van der Waals surface area contributed by atoms with Crippen LogP contribution in [-0.2, 0) is 32.3 Å². The molecule has 0 N–H and O–H groups in total. The molecule has 0 radical (unpaired) electrons. The number of unbranched alkanes of at least 4 members (excludes halogenated alkanes) is 8. The summed E-state index contributed by atoms with van der Waals surface area (Å²) < 4.78 is 11.1. The molecular formula is C36H56N2O4. The lowest BCUT2D eigenvalue weighted by molar-refractivity contribution is -0.146. The first-order valence-corrected chi connectivity index (χ1v) is 16.3. The number of carbonyl (C=O) groups excluding carboxylic acids is 2. The minimum Gasteiger partial charge on any atom is -0.461 e. The number of hydrogen-bond acceptors (Lipinski definition) is 6. The lowest BCUT2D eigenvalue weighted by Crippen LogP contribution is -2.23. The summed E-state index contributed by atoms with van der Waals surface area (Å²) in [4.78, 5) is 29.1. The summed E-state index contributed by atoms with van der Waals surface area (Å²) in [6.45, 7) is 8.47. The Morgan fingerprint density at radius 1 is 0.571 bits per heavy atom. The van der Waals surface area contributed by atoms with Crippen molar-refractivity contribution in [3.63, 3.8) is 0 Å². The topological polar surface area (TPSA) is 59.1 Å². The van der Waals surface area contributed by atoms with E-state index in [4.69, 9.17) is 9.47 Å². The minimum absolute atomic E-state index is 0.166. The van der Waals surface area contributed by atoms with Crippen molar-refractivity contribution in [2.24, 2.45) is 0 Å². The second-order valence-electron chi connectivity index (χ2n) is 11.7. The zero-order valence-corrected chi connectivity index (χ0v) is 26.9. The maximum absolute atomic E-state index is 12.3. The lowest BCUT2D eigenvalue weighted by atomic mass is 10.0. The van der Waals surface area contributed by atoms with Crippen LogP contribution < -0.4 is 0 Å². The summed E-state index contributed by atoms with van der Waals surface area (Å²) in [6, 6.07) is 16.1. The van der Waals surface area contributed by atoms with Crippen LogP contribution in [0.4, 0.5) is 0 Å². The fourth-order valence-corrected chi connectivity index (χ4v) is 4.91. The molecule has 0 atom stereocenters. The molecule has 0 spiro atoms. The SMILES string of the molecule is CCCCCCCN(C)CCC(=O)OCc1cccc(-c2cccc(COC(=O)CCN(C)CCCCCCC)c2)c1. The molecule has 0 heterocycles. The van der Waals surface area contributed by atoms with Crippen molar-refractivity contribution < 1.29 is 19.1 Å². The molecule has 234 valence electrons. The zero-order valence-electron chi connectivity index (χ0n) is 26.9. The molecule has 2 rings (SSSR count).